The van der Waals surface area contributed by atoms with E-state index in [1.807, 2.05) is 13.8 Å². The summed E-state index contributed by atoms with van der Waals surface area (Å²) in [5.74, 6) is -2.73. The first kappa shape index (κ1) is 18.2. The van der Waals surface area contributed by atoms with Crippen LogP contribution in [0.4, 0.5) is 8.78 Å². The van der Waals surface area contributed by atoms with Crippen molar-refractivity contribution in [2.75, 3.05) is 33.2 Å². The molecule has 1 aliphatic heterocycles. The Kier molecular flexibility index (Phi) is 8.09. The highest BCUT2D eigenvalue weighted by Gasteiger charge is 2.30. The Hall–Kier alpha value is -0.750. The summed E-state index contributed by atoms with van der Waals surface area (Å²) in [7, 11) is 1.71. The molecule has 6 heteroatoms. The van der Waals surface area contributed by atoms with Gasteiger partial charge in [0, 0.05) is 26.1 Å². The van der Waals surface area contributed by atoms with Crippen LogP contribution in [0.1, 0.15) is 33.6 Å². The van der Waals surface area contributed by atoms with E-state index in [2.05, 4.69) is 0 Å². The number of rotatable bonds is 4. The molecule has 0 atom stereocenters. The molecule has 0 unspecified atom stereocenters. The predicted molar refractivity (Wildman–Crippen MR) is 73.3 cm³/mol. The van der Waals surface area contributed by atoms with Crippen LogP contribution < -0.4 is 5.73 Å². The zero-order chi connectivity index (χ0) is 15.1. The van der Waals surface area contributed by atoms with Crippen molar-refractivity contribution in [3.63, 3.8) is 0 Å². The predicted octanol–water partition coefficient (Wildman–Crippen LogP) is 1.55. The van der Waals surface area contributed by atoms with E-state index >= 15 is 0 Å². The fourth-order valence-corrected chi connectivity index (χ4v) is 2.25. The molecule has 114 valence electrons. The van der Waals surface area contributed by atoms with Crippen LogP contribution >= 0.6 is 0 Å². The molecule has 0 aromatic carbocycles. The van der Waals surface area contributed by atoms with Gasteiger partial charge in [0.05, 0.1) is 13.1 Å². The number of nitrogens with zero attached hydrogens (tertiary/aromatic N) is 2. The molecule has 0 bridgehead atoms. The van der Waals surface area contributed by atoms with Crippen LogP contribution in [0.3, 0.4) is 0 Å². The lowest BCUT2D eigenvalue weighted by Crippen LogP contribution is -2.49. The highest BCUT2D eigenvalue weighted by Crippen LogP contribution is 2.20. The molecule has 0 aromatic heterocycles. The third-order valence-electron chi connectivity index (χ3n) is 3.14. The minimum absolute atomic E-state index is 0.0214. The SMILES string of the molecule is CC.CN(CC(C)(F)F)C1CCN(C(=O)CN)CC1. The highest BCUT2D eigenvalue weighted by atomic mass is 19.3. The third kappa shape index (κ3) is 6.82. The van der Waals surface area contributed by atoms with Crippen molar-refractivity contribution < 1.29 is 13.6 Å². The molecular formula is C13H27F2N3O. The van der Waals surface area contributed by atoms with Gasteiger partial charge in [0.2, 0.25) is 5.91 Å². The topological polar surface area (TPSA) is 49.6 Å². The molecule has 19 heavy (non-hydrogen) atoms. The monoisotopic (exact) mass is 279 g/mol. The molecule has 1 saturated heterocycles. The Bertz CT molecular complexity index is 261. The van der Waals surface area contributed by atoms with E-state index < -0.39 is 5.92 Å². The molecule has 0 radical (unpaired) electrons. The molecule has 1 fully saturated rings. The summed E-state index contributed by atoms with van der Waals surface area (Å²) in [5.41, 5.74) is 5.28. The Morgan fingerprint density at radius 1 is 1.37 bits per heavy atom. The van der Waals surface area contributed by atoms with Gasteiger partial charge in [-0.25, -0.2) is 8.78 Å². The van der Waals surface area contributed by atoms with Gasteiger partial charge < -0.3 is 10.6 Å². The van der Waals surface area contributed by atoms with Gasteiger partial charge in [-0.3, -0.25) is 9.69 Å². The second-order valence-electron chi connectivity index (χ2n) is 4.80. The molecule has 0 aromatic rings. The van der Waals surface area contributed by atoms with Crippen LogP contribution in [0.2, 0.25) is 0 Å². The summed E-state index contributed by atoms with van der Waals surface area (Å²) in [6.07, 6.45) is 1.47. The first-order valence-electron chi connectivity index (χ1n) is 6.89. The van der Waals surface area contributed by atoms with E-state index in [1.165, 1.54) is 0 Å². The number of hydrogen-bond donors (Lipinski definition) is 1. The maximum Gasteiger partial charge on any atom is 0.257 e. The fourth-order valence-electron chi connectivity index (χ4n) is 2.25. The summed E-state index contributed by atoms with van der Waals surface area (Å²) in [5, 5.41) is 0. The Balaban J connectivity index is 0.00000154. The average molecular weight is 279 g/mol. The standard InChI is InChI=1S/C11H21F2N3O.C2H6/c1-11(12,13)8-15(2)9-3-5-16(6-4-9)10(17)7-14;1-2/h9H,3-8,14H2,1-2H3;1-2H3. The van der Waals surface area contributed by atoms with Crippen LogP contribution in [-0.2, 0) is 4.79 Å². The van der Waals surface area contributed by atoms with E-state index in [0.29, 0.717) is 13.1 Å². The Labute approximate surface area is 114 Å². The molecule has 0 spiro atoms. The lowest BCUT2D eigenvalue weighted by atomic mass is 10.0. The van der Waals surface area contributed by atoms with E-state index in [0.717, 1.165) is 19.8 Å². The summed E-state index contributed by atoms with van der Waals surface area (Å²) >= 11 is 0. The molecular weight excluding hydrogens is 252 g/mol. The number of carbonyl (C=O) groups is 1. The smallest absolute Gasteiger partial charge is 0.257 e. The van der Waals surface area contributed by atoms with Gasteiger partial charge in [0.1, 0.15) is 0 Å². The second-order valence-corrected chi connectivity index (χ2v) is 4.80. The summed E-state index contributed by atoms with van der Waals surface area (Å²) in [6.45, 7) is 5.94. The van der Waals surface area contributed by atoms with E-state index in [9.17, 15) is 13.6 Å². The van der Waals surface area contributed by atoms with E-state index in [1.54, 1.807) is 16.8 Å². The van der Waals surface area contributed by atoms with Crippen LogP contribution in [0.15, 0.2) is 0 Å². The normalized spacial score (nSPS) is 17.2. The highest BCUT2D eigenvalue weighted by molar-refractivity contribution is 5.78. The van der Waals surface area contributed by atoms with E-state index in [4.69, 9.17) is 5.73 Å². The minimum Gasteiger partial charge on any atom is -0.341 e. The maximum absolute atomic E-state index is 12.9. The van der Waals surface area contributed by atoms with Crippen molar-refractivity contribution in [3.05, 3.63) is 0 Å². The number of carbonyl (C=O) groups excluding carboxylic acids is 1. The van der Waals surface area contributed by atoms with Crippen molar-refractivity contribution in [1.29, 1.82) is 0 Å². The van der Waals surface area contributed by atoms with Gasteiger partial charge in [0.25, 0.3) is 5.92 Å². The molecule has 2 N–H and O–H groups in total. The fraction of sp³-hybridized carbons (Fsp3) is 0.923. The molecule has 0 aliphatic carbocycles. The second kappa shape index (κ2) is 8.43. The van der Waals surface area contributed by atoms with Crippen molar-refractivity contribution in [1.82, 2.24) is 9.80 Å². The molecule has 4 nitrogen and oxygen atoms in total. The van der Waals surface area contributed by atoms with Crippen molar-refractivity contribution >= 4 is 5.91 Å². The number of piperidine rings is 1. The zero-order valence-corrected chi connectivity index (χ0v) is 12.5. The van der Waals surface area contributed by atoms with Gasteiger partial charge in [-0.15, -0.1) is 0 Å². The molecule has 0 saturated carbocycles. The van der Waals surface area contributed by atoms with Crippen LogP contribution in [-0.4, -0.2) is 60.9 Å². The van der Waals surface area contributed by atoms with Crippen molar-refractivity contribution in [2.24, 2.45) is 5.73 Å². The lowest BCUT2D eigenvalue weighted by molar-refractivity contribution is -0.131. The van der Waals surface area contributed by atoms with Gasteiger partial charge in [-0.2, -0.15) is 0 Å². The van der Waals surface area contributed by atoms with E-state index in [-0.39, 0.29) is 25.0 Å². The number of halogens is 2. The summed E-state index contributed by atoms with van der Waals surface area (Å²) < 4.78 is 25.7. The first-order valence-corrected chi connectivity index (χ1v) is 6.89. The Morgan fingerprint density at radius 3 is 2.21 bits per heavy atom. The quantitative estimate of drug-likeness (QED) is 0.849. The van der Waals surface area contributed by atoms with Crippen LogP contribution in [0.5, 0.6) is 0 Å². The lowest BCUT2D eigenvalue weighted by Gasteiger charge is -2.37. The molecule has 1 rings (SSSR count). The minimum atomic E-state index is -2.67. The third-order valence-corrected chi connectivity index (χ3v) is 3.14. The van der Waals surface area contributed by atoms with Crippen LogP contribution in [0.25, 0.3) is 0 Å². The largest absolute Gasteiger partial charge is 0.341 e. The van der Waals surface area contributed by atoms with Gasteiger partial charge in [-0.05, 0) is 19.9 Å². The van der Waals surface area contributed by atoms with Gasteiger partial charge in [0.15, 0.2) is 0 Å². The van der Waals surface area contributed by atoms with Crippen LogP contribution in [0, 0.1) is 0 Å². The van der Waals surface area contributed by atoms with Crippen molar-refractivity contribution in [2.45, 2.75) is 45.6 Å². The zero-order valence-electron chi connectivity index (χ0n) is 12.5. The van der Waals surface area contributed by atoms with Gasteiger partial charge in [-0.1, -0.05) is 13.8 Å². The number of amides is 1. The van der Waals surface area contributed by atoms with Crippen molar-refractivity contribution in [3.8, 4) is 0 Å². The number of nitrogens with two attached hydrogens (primary N) is 1. The molecule has 1 aliphatic rings. The Morgan fingerprint density at radius 2 is 1.84 bits per heavy atom. The maximum atomic E-state index is 12.9. The average Bonchev–Trinajstić information content (AvgIpc) is 2.38. The summed E-state index contributed by atoms with van der Waals surface area (Å²) in [4.78, 5) is 14.7. The number of hydrogen-bond acceptors (Lipinski definition) is 3. The first-order chi connectivity index (χ1) is 8.83. The summed E-state index contributed by atoms with van der Waals surface area (Å²) in [6, 6.07) is 0.127. The number of likely N-dealkylation sites (tertiary alicyclic amines) is 1. The molecule has 1 amide bonds. The van der Waals surface area contributed by atoms with Gasteiger partial charge >= 0.3 is 0 Å². The number of alkyl halides is 2. The molecule has 1 heterocycles.